The van der Waals surface area contributed by atoms with Crippen molar-refractivity contribution in [1.82, 2.24) is 4.90 Å². The Balaban J connectivity index is 1.65. The molecule has 0 fully saturated rings. The molecule has 0 radical (unpaired) electrons. The number of benzene rings is 1. The first-order valence-electron chi connectivity index (χ1n) is 8.09. The number of oxime groups is 1. The minimum Gasteiger partial charge on any atom is -0.390 e. The van der Waals surface area contributed by atoms with Gasteiger partial charge in [-0.2, -0.15) is 0 Å². The number of thiophene rings is 1. The third-order valence-corrected chi connectivity index (χ3v) is 5.52. The van der Waals surface area contributed by atoms with Crippen molar-refractivity contribution in [3.05, 3.63) is 56.2 Å². The van der Waals surface area contributed by atoms with E-state index >= 15 is 0 Å². The number of amides is 1. The number of carbonyl (C=O) groups is 1. The molecule has 4 nitrogen and oxygen atoms in total. The number of halogens is 2. The zero-order valence-corrected chi connectivity index (χ0v) is 16.1. The van der Waals surface area contributed by atoms with E-state index in [2.05, 4.69) is 12.1 Å². The fraction of sp³-hybridized carbons (Fsp3) is 0.333. The summed E-state index contributed by atoms with van der Waals surface area (Å²) in [5.41, 5.74) is 1.71. The van der Waals surface area contributed by atoms with Crippen LogP contribution in [0.4, 0.5) is 0 Å². The molecule has 25 heavy (non-hydrogen) atoms. The van der Waals surface area contributed by atoms with E-state index in [-0.39, 0.29) is 12.0 Å². The summed E-state index contributed by atoms with van der Waals surface area (Å²) in [5.74, 6) is 0.0448. The zero-order chi connectivity index (χ0) is 17.8. The molecule has 0 saturated carbocycles. The average molecular weight is 397 g/mol. The van der Waals surface area contributed by atoms with Crippen molar-refractivity contribution in [3.8, 4) is 0 Å². The molecule has 1 aromatic carbocycles. The molecule has 132 valence electrons. The maximum atomic E-state index is 12.6. The highest BCUT2D eigenvalue weighted by molar-refractivity contribution is 7.12. The van der Waals surface area contributed by atoms with Crippen LogP contribution >= 0.6 is 34.5 Å². The smallest absolute Gasteiger partial charge is 0.264 e. The minimum absolute atomic E-state index is 0.0448. The van der Waals surface area contributed by atoms with E-state index in [1.165, 1.54) is 11.3 Å². The highest BCUT2D eigenvalue weighted by Gasteiger charge is 2.27. The van der Waals surface area contributed by atoms with Gasteiger partial charge in [0, 0.05) is 18.5 Å². The molecule has 0 bridgehead atoms. The van der Waals surface area contributed by atoms with Crippen LogP contribution in [-0.4, -0.2) is 35.7 Å². The molecule has 1 amide bonds. The number of nitrogens with zero attached hydrogens (tertiary/aromatic N) is 2. The second-order valence-corrected chi connectivity index (χ2v) is 7.59. The highest BCUT2D eigenvalue weighted by Crippen LogP contribution is 2.26. The third-order valence-electron chi connectivity index (χ3n) is 3.92. The lowest BCUT2D eigenvalue weighted by molar-refractivity contribution is 0.0426. The lowest BCUT2D eigenvalue weighted by atomic mass is 10.0. The van der Waals surface area contributed by atoms with Gasteiger partial charge in [0.2, 0.25) is 0 Å². The van der Waals surface area contributed by atoms with E-state index < -0.39 is 0 Å². The Morgan fingerprint density at radius 2 is 2.20 bits per heavy atom. The van der Waals surface area contributed by atoms with Gasteiger partial charge in [-0.15, -0.1) is 11.3 Å². The predicted octanol–water partition coefficient (Wildman–Crippen LogP) is 5.10. The molecule has 2 heterocycles. The Morgan fingerprint density at radius 3 is 2.88 bits per heavy atom. The van der Waals surface area contributed by atoms with Gasteiger partial charge in [-0.1, -0.05) is 47.4 Å². The fourth-order valence-corrected chi connectivity index (χ4v) is 3.71. The monoisotopic (exact) mass is 396 g/mol. The first-order valence-corrected chi connectivity index (χ1v) is 9.73. The summed E-state index contributed by atoms with van der Waals surface area (Å²) in [7, 11) is 0. The SMILES string of the molecule is CCCN(C[C@H]1CC(c2ccc(Cl)c(Cl)c2)=NO1)C(=O)c1cccs1. The van der Waals surface area contributed by atoms with Gasteiger partial charge in [0.05, 0.1) is 27.2 Å². The van der Waals surface area contributed by atoms with Crippen molar-refractivity contribution in [2.45, 2.75) is 25.9 Å². The summed E-state index contributed by atoms with van der Waals surface area (Å²) >= 11 is 13.5. The fourth-order valence-electron chi connectivity index (χ4n) is 2.72. The van der Waals surface area contributed by atoms with Crippen LogP contribution in [0.2, 0.25) is 10.0 Å². The molecular weight excluding hydrogens is 379 g/mol. The van der Waals surface area contributed by atoms with Crippen LogP contribution in [0.3, 0.4) is 0 Å². The summed E-state index contributed by atoms with van der Waals surface area (Å²) < 4.78 is 0. The largest absolute Gasteiger partial charge is 0.390 e. The molecule has 0 aliphatic carbocycles. The van der Waals surface area contributed by atoms with Gasteiger partial charge in [-0.25, -0.2) is 0 Å². The molecule has 2 aromatic rings. The number of carbonyl (C=O) groups excluding carboxylic acids is 1. The summed E-state index contributed by atoms with van der Waals surface area (Å²) in [6.45, 7) is 3.26. The van der Waals surface area contributed by atoms with E-state index in [1.807, 2.05) is 28.5 Å². The second kappa shape index (κ2) is 8.21. The molecule has 3 rings (SSSR count). The van der Waals surface area contributed by atoms with Crippen LogP contribution in [-0.2, 0) is 4.84 Å². The molecule has 7 heteroatoms. The molecule has 1 atom stereocenters. The third kappa shape index (κ3) is 4.35. The highest BCUT2D eigenvalue weighted by atomic mass is 35.5. The summed E-state index contributed by atoms with van der Waals surface area (Å²) in [6, 6.07) is 9.15. The van der Waals surface area contributed by atoms with Crippen molar-refractivity contribution >= 4 is 46.2 Å². The Hall–Kier alpha value is -1.56. The van der Waals surface area contributed by atoms with Crippen molar-refractivity contribution in [3.63, 3.8) is 0 Å². The van der Waals surface area contributed by atoms with Crippen LogP contribution in [0.1, 0.15) is 35.0 Å². The van der Waals surface area contributed by atoms with Gasteiger partial charge in [0.25, 0.3) is 5.91 Å². The lowest BCUT2D eigenvalue weighted by Crippen LogP contribution is -2.37. The normalized spacial score (nSPS) is 16.4. The van der Waals surface area contributed by atoms with Crippen molar-refractivity contribution in [2.24, 2.45) is 5.16 Å². The molecular formula is C18H18Cl2N2O2S. The maximum Gasteiger partial charge on any atom is 0.264 e. The van der Waals surface area contributed by atoms with E-state index in [1.54, 1.807) is 12.1 Å². The number of hydrogen-bond donors (Lipinski definition) is 0. The van der Waals surface area contributed by atoms with Crippen LogP contribution in [0, 0.1) is 0 Å². The second-order valence-electron chi connectivity index (χ2n) is 5.83. The van der Waals surface area contributed by atoms with E-state index in [4.69, 9.17) is 28.0 Å². The molecule has 0 saturated heterocycles. The Morgan fingerprint density at radius 1 is 1.36 bits per heavy atom. The zero-order valence-electron chi connectivity index (χ0n) is 13.7. The quantitative estimate of drug-likeness (QED) is 0.681. The Bertz CT molecular complexity index is 777. The van der Waals surface area contributed by atoms with Gasteiger partial charge in [-0.05, 0) is 30.0 Å². The number of rotatable bonds is 6. The average Bonchev–Trinajstić information content (AvgIpc) is 3.28. The van der Waals surface area contributed by atoms with Gasteiger partial charge < -0.3 is 9.74 Å². The molecule has 1 aliphatic heterocycles. The van der Waals surface area contributed by atoms with Crippen molar-refractivity contribution in [1.29, 1.82) is 0 Å². The van der Waals surface area contributed by atoms with E-state index in [9.17, 15) is 4.79 Å². The van der Waals surface area contributed by atoms with Gasteiger partial charge in [0.1, 0.15) is 0 Å². The van der Waals surface area contributed by atoms with Gasteiger partial charge >= 0.3 is 0 Å². The van der Waals surface area contributed by atoms with Gasteiger partial charge in [-0.3, -0.25) is 4.79 Å². The van der Waals surface area contributed by atoms with Crippen LogP contribution in [0.25, 0.3) is 0 Å². The standard InChI is InChI=1S/C18H18Cl2N2O2S/c1-2-7-22(18(23)17-4-3-8-25-17)11-13-10-16(21-24-13)12-5-6-14(19)15(20)9-12/h3-6,8-9,13H,2,7,10-11H2,1H3/t13-/m1/s1. The van der Waals surface area contributed by atoms with E-state index in [0.717, 1.165) is 22.6 Å². The topological polar surface area (TPSA) is 41.9 Å². The lowest BCUT2D eigenvalue weighted by Gasteiger charge is -2.23. The maximum absolute atomic E-state index is 12.6. The summed E-state index contributed by atoms with van der Waals surface area (Å²) in [5, 5.41) is 7.09. The van der Waals surface area contributed by atoms with E-state index in [0.29, 0.717) is 29.6 Å². The van der Waals surface area contributed by atoms with Crippen LogP contribution in [0.5, 0.6) is 0 Å². The molecule has 1 aromatic heterocycles. The number of hydrogen-bond acceptors (Lipinski definition) is 4. The summed E-state index contributed by atoms with van der Waals surface area (Å²) in [6.07, 6.45) is 1.38. The molecule has 1 aliphatic rings. The molecule has 0 unspecified atom stereocenters. The van der Waals surface area contributed by atoms with Crippen molar-refractivity contribution < 1.29 is 9.63 Å². The predicted molar refractivity (Wildman–Crippen MR) is 103 cm³/mol. The van der Waals surface area contributed by atoms with Crippen molar-refractivity contribution in [2.75, 3.05) is 13.1 Å². The van der Waals surface area contributed by atoms with Gasteiger partial charge in [0.15, 0.2) is 6.10 Å². The molecule has 0 N–H and O–H groups in total. The Labute approximate surface area is 161 Å². The van der Waals surface area contributed by atoms with Crippen LogP contribution < -0.4 is 0 Å². The first kappa shape index (κ1) is 18.2. The first-order chi connectivity index (χ1) is 12.1. The van der Waals surface area contributed by atoms with Crippen LogP contribution in [0.15, 0.2) is 40.9 Å². The summed E-state index contributed by atoms with van der Waals surface area (Å²) in [4.78, 5) is 20.8. The minimum atomic E-state index is -0.153. The Kier molecular flexibility index (Phi) is 5.99. The molecule has 0 spiro atoms.